The molecule has 2 aromatic rings. The van der Waals surface area contributed by atoms with E-state index in [2.05, 4.69) is 10.3 Å². The first-order valence-electron chi connectivity index (χ1n) is 8.38. The van der Waals surface area contributed by atoms with Gasteiger partial charge >= 0.3 is 0 Å². The summed E-state index contributed by atoms with van der Waals surface area (Å²) < 4.78 is 0. The van der Waals surface area contributed by atoms with Gasteiger partial charge in [0.1, 0.15) is 0 Å². The molecule has 1 saturated heterocycles. The van der Waals surface area contributed by atoms with Gasteiger partial charge in [-0.15, -0.1) is 11.3 Å². The molecule has 1 fully saturated rings. The van der Waals surface area contributed by atoms with Gasteiger partial charge in [-0.2, -0.15) is 0 Å². The molecule has 3 rings (SSSR count). The maximum absolute atomic E-state index is 12.5. The van der Waals surface area contributed by atoms with Gasteiger partial charge in [-0.25, -0.2) is 4.98 Å². The van der Waals surface area contributed by atoms with Gasteiger partial charge in [-0.1, -0.05) is 12.1 Å². The van der Waals surface area contributed by atoms with Gasteiger partial charge in [0, 0.05) is 35.1 Å². The van der Waals surface area contributed by atoms with E-state index in [1.54, 1.807) is 16.2 Å². The number of benzene rings is 1. The number of hydrogen-bond acceptors (Lipinski definition) is 4. The van der Waals surface area contributed by atoms with Crippen molar-refractivity contribution in [1.82, 2.24) is 9.88 Å². The van der Waals surface area contributed by atoms with E-state index in [-0.39, 0.29) is 29.7 Å². The van der Waals surface area contributed by atoms with E-state index in [1.807, 2.05) is 57.3 Å². The minimum atomic E-state index is -0.299. The Balaban J connectivity index is 1.65. The minimum absolute atomic E-state index is 0.0434. The molecule has 1 unspecified atom stereocenters. The summed E-state index contributed by atoms with van der Waals surface area (Å²) in [6, 6.07) is 7.65. The minimum Gasteiger partial charge on any atom is -0.337 e. The third-order valence-corrected chi connectivity index (χ3v) is 5.15. The van der Waals surface area contributed by atoms with Gasteiger partial charge in [0.05, 0.1) is 16.6 Å². The van der Waals surface area contributed by atoms with Crippen molar-refractivity contribution in [3.8, 4) is 11.3 Å². The molecule has 25 heavy (non-hydrogen) atoms. The van der Waals surface area contributed by atoms with Crippen molar-refractivity contribution in [2.75, 3.05) is 11.9 Å². The summed E-state index contributed by atoms with van der Waals surface area (Å²) in [4.78, 5) is 30.9. The molecule has 0 radical (unpaired) electrons. The number of rotatable bonds is 3. The molecule has 1 N–H and O–H groups in total. The van der Waals surface area contributed by atoms with Gasteiger partial charge < -0.3 is 10.2 Å². The maximum Gasteiger partial charge on any atom is 0.229 e. The van der Waals surface area contributed by atoms with Gasteiger partial charge in [0.2, 0.25) is 11.8 Å². The number of anilines is 1. The fraction of sp³-hybridized carbons (Fsp3) is 0.421. The van der Waals surface area contributed by atoms with Crippen molar-refractivity contribution in [3.05, 3.63) is 34.7 Å². The molecule has 0 bridgehead atoms. The molecule has 6 heteroatoms. The fourth-order valence-corrected chi connectivity index (χ4v) is 3.62. The van der Waals surface area contributed by atoms with Crippen LogP contribution in [0, 0.1) is 12.8 Å². The standard InChI is InChI=1S/C19H23N3O2S/c1-12-20-16(11-25-12)13-5-7-15(8-6-13)21-18(24)14-9-17(23)22(10-14)19(2,3)4/h5-8,11,14H,9-10H2,1-4H3,(H,21,24). The van der Waals surface area contributed by atoms with E-state index < -0.39 is 0 Å². The normalized spacial score (nSPS) is 17.8. The van der Waals surface area contributed by atoms with Crippen molar-refractivity contribution < 1.29 is 9.59 Å². The topological polar surface area (TPSA) is 62.3 Å². The zero-order valence-electron chi connectivity index (χ0n) is 15.0. The fourth-order valence-electron chi connectivity index (χ4n) is 3.00. The summed E-state index contributed by atoms with van der Waals surface area (Å²) >= 11 is 1.62. The Bertz CT molecular complexity index is 790. The average Bonchev–Trinajstić information content (AvgIpc) is 3.14. The number of amides is 2. The molecule has 0 aliphatic carbocycles. The first-order valence-corrected chi connectivity index (χ1v) is 9.26. The summed E-state index contributed by atoms with van der Waals surface area (Å²) in [5.74, 6) is -0.355. The molecular formula is C19H23N3O2S. The highest BCUT2D eigenvalue weighted by atomic mass is 32.1. The smallest absolute Gasteiger partial charge is 0.229 e. The Labute approximate surface area is 152 Å². The van der Waals surface area contributed by atoms with Gasteiger partial charge in [-0.3, -0.25) is 9.59 Å². The van der Waals surface area contributed by atoms with Crippen LogP contribution in [0.15, 0.2) is 29.6 Å². The summed E-state index contributed by atoms with van der Waals surface area (Å²) in [6.07, 6.45) is 0.277. The third kappa shape index (κ3) is 3.90. The van der Waals surface area contributed by atoms with Gasteiger partial charge in [0.15, 0.2) is 0 Å². The first-order chi connectivity index (χ1) is 11.7. The molecule has 1 aliphatic heterocycles. The van der Waals surface area contributed by atoms with Crippen LogP contribution >= 0.6 is 11.3 Å². The second-order valence-corrected chi connectivity index (χ2v) is 8.46. The summed E-state index contributed by atoms with van der Waals surface area (Å²) in [5.41, 5.74) is 2.46. The maximum atomic E-state index is 12.5. The highest BCUT2D eigenvalue weighted by Gasteiger charge is 2.39. The van der Waals surface area contributed by atoms with Crippen molar-refractivity contribution >= 4 is 28.8 Å². The second kappa shape index (κ2) is 6.59. The van der Waals surface area contributed by atoms with E-state index in [0.717, 1.165) is 22.0 Å². The second-order valence-electron chi connectivity index (χ2n) is 7.39. The van der Waals surface area contributed by atoms with Crippen LogP contribution in [-0.4, -0.2) is 33.8 Å². The molecule has 5 nitrogen and oxygen atoms in total. The lowest BCUT2D eigenvalue weighted by Crippen LogP contribution is -2.42. The number of nitrogens with one attached hydrogen (secondary N) is 1. The van der Waals surface area contributed by atoms with Crippen LogP contribution in [0.3, 0.4) is 0 Å². The third-order valence-electron chi connectivity index (χ3n) is 4.37. The Morgan fingerprint density at radius 3 is 2.48 bits per heavy atom. The predicted molar refractivity (Wildman–Crippen MR) is 100 cm³/mol. The molecule has 2 heterocycles. The average molecular weight is 357 g/mol. The number of thiazole rings is 1. The zero-order valence-corrected chi connectivity index (χ0v) is 15.8. The van der Waals surface area contributed by atoms with Crippen LogP contribution in [0.5, 0.6) is 0 Å². The van der Waals surface area contributed by atoms with Crippen LogP contribution in [0.4, 0.5) is 5.69 Å². The van der Waals surface area contributed by atoms with E-state index >= 15 is 0 Å². The molecule has 0 spiro atoms. The monoisotopic (exact) mass is 357 g/mol. The molecular weight excluding hydrogens is 334 g/mol. The number of carbonyl (C=O) groups excluding carboxylic acids is 2. The highest BCUT2D eigenvalue weighted by Crippen LogP contribution is 2.27. The van der Waals surface area contributed by atoms with Crippen molar-refractivity contribution in [3.63, 3.8) is 0 Å². The van der Waals surface area contributed by atoms with E-state index in [0.29, 0.717) is 6.54 Å². The number of hydrogen-bond donors (Lipinski definition) is 1. The summed E-state index contributed by atoms with van der Waals surface area (Å²) in [6.45, 7) is 8.43. The number of carbonyl (C=O) groups is 2. The molecule has 2 amide bonds. The van der Waals surface area contributed by atoms with Crippen LogP contribution in [0.1, 0.15) is 32.2 Å². The Morgan fingerprint density at radius 1 is 1.28 bits per heavy atom. The lowest BCUT2D eigenvalue weighted by Gasteiger charge is -2.31. The van der Waals surface area contributed by atoms with Crippen molar-refractivity contribution in [1.29, 1.82) is 0 Å². The van der Waals surface area contributed by atoms with Crippen molar-refractivity contribution in [2.24, 2.45) is 5.92 Å². The van der Waals surface area contributed by atoms with E-state index in [9.17, 15) is 9.59 Å². The number of nitrogens with zero attached hydrogens (tertiary/aromatic N) is 2. The number of likely N-dealkylation sites (tertiary alicyclic amines) is 1. The van der Waals surface area contributed by atoms with Crippen molar-refractivity contribution in [2.45, 2.75) is 39.7 Å². The Morgan fingerprint density at radius 2 is 1.96 bits per heavy atom. The SMILES string of the molecule is Cc1nc(-c2ccc(NC(=O)C3CC(=O)N(C(C)(C)C)C3)cc2)cs1. The lowest BCUT2D eigenvalue weighted by atomic mass is 10.1. The summed E-state index contributed by atoms with van der Waals surface area (Å²) in [5, 5.41) is 5.98. The largest absolute Gasteiger partial charge is 0.337 e. The van der Waals surface area contributed by atoms with E-state index in [1.165, 1.54) is 0 Å². The van der Waals surface area contributed by atoms with Gasteiger partial charge in [0.25, 0.3) is 0 Å². The molecule has 1 aromatic heterocycles. The van der Waals surface area contributed by atoms with Gasteiger partial charge in [-0.05, 0) is 39.8 Å². The Hall–Kier alpha value is -2.21. The number of aromatic nitrogens is 1. The molecule has 132 valence electrons. The molecule has 0 saturated carbocycles. The quantitative estimate of drug-likeness (QED) is 0.911. The van der Waals surface area contributed by atoms with Crippen LogP contribution in [0.2, 0.25) is 0 Å². The lowest BCUT2D eigenvalue weighted by molar-refractivity contribution is -0.131. The van der Waals surface area contributed by atoms with Crippen LogP contribution in [-0.2, 0) is 9.59 Å². The molecule has 1 atom stereocenters. The van der Waals surface area contributed by atoms with E-state index in [4.69, 9.17) is 0 Å². The highest BCUT2D eigenvalue weighted by molar-refractivity contribution is 7.09. The Kier molecular flexibility index (Phi) is 4.64. The predicted octanol–water partition coefficient (Wildman–Crippen LogP) is 3.70. The zero-order chi connectivity index (χ0) is 18.2. The van der Waals surface area contributed by atoms with Crippen LogP contribution in [0.25, 0.3) is 11.3 Å². The van der Waals surface area contributed by atoms with Crippen LogP contribution < -0.4 is 5.32 Å². The number of aryl methyl sites for hydroxylation is 1. The summed E-state index contributed by atoms with van der Waals surface area (Å²) in [7, 11) is 0. The molecule has 1 aliphatic rings. The first kappa shape index (κ1) is 17.6. The molecule has 1 aromatic carbocycles.